The zero-order chi connectivity index (χ0) is 36.2. The fraction of sp³-hybridized carbons (Fsp3) is 0.733. The van der Waals surface area contributed by atoms with Crippen molar-refractivity contribution in [3.8, 4) is 0 Å². The molecule has 0 spiro atoms. The summed E-state index contributed by atoms with van der Waals surface area (Å²) >= 11 is 0. The van der Waals surface area contributed by atoms with E-state index >= 15 is 0 Å². The van der Waals surface area contributed by atoms with Crippen LogP contribution < -0.4 is 103 Å². The maximum Gasteiger partial charge on any atom is 1.00 e. The van der Waals surface area contributed by atoms with Crippen LogP contribution in [0.15, 0.2) is 46.6 Å². The van der Waals surface area contributed by atoms with Gasteiger partial charge in [-0.25, -0.2) is 16.8 Å². The summed E-state index contributed by atoms with van der Waals surface area (Å²) in [6.45, 7) is 12.4. The van der Waals surface area contributed by atoms with Crippen molar-refractivity contribution in [2.24, 2.45) is 0 Å². The maximum absolute atomic E-state index is 11.0. The van der Waals surface area contributed by atoms with Gasteiger partial charge in [-0.2, -0.15) is 0 Å². The van der Waals surface area contributed by atoms with E-state index in [4.69, 9.17) is 19.6 Å². The van der Waals surface area contributed by atoms with Crippen molar-refractivity contribution < 1.29 is 157 Å². The van der Waals surface area contributed by atoms with Crippen molar-refractivity contribution in [2.45, 2.75) is 141 Å². The van der Waals surface area contributed by atoms with Gasteiger partial charge in [-0.15, -0.1) is 0 Å². The number of rotatable bonds is 22. The van der Waals surface area contributed by atoms with E-state index in [1.165, 1.54) is 22.3 Å². The minimum absolute atomic E-state index is 0. The van der Waals surface area contributed by atoms with E-state index in [0.717, 1.165) is 51.4 Å². The average Bonchev–Trinajstić information content (AvgIpc) is 2.84. The van der Waals surface area contributed by atoms with Crippen LogP contribution in [0.1, 0.15) is 131 Å². The van der Waals surface area contributed by atoms with Crippen LogP contribution >= 0.6 is 15.2 Å². The van der Waals surface area contributed by atoms with Crippen molar-refractivity contribution in [3.63, 3.8) is 0 Å². The van der Waals surface area contributed by atoms with E-state index in [1.54, 1.807) is 0 Å². The summed E-state index contributed by atoms with van der Waals surface area (Å²) in [6.07, 6.45) is 17.2. The number of unbranched alkanes of at least 4 members (excludes halogenated alkanes) is 6. The molecule has 0 amide bonds. The van der Waals surface area contributed by atoms with Gasteiger partial charge in [0.1, 0.15) is 20.2 Å². The molecule has 18 heteroatoms. The summed E-state index contributed by atoms with van der Waals surface area (Å²) in [6, 6.07) is 0. The largest absolute Gasteiger partial charge is 1.00 e. The molecular formula is C30H56K2O12P2S2. The Kier molecular flexibility index (Phi) is 35.3. The molecule has 0 aliphatic heterocycles. The molecule has 0 heterocycles. The van der Waals surface area contributed by atoms with E-state index in [9.17, 15) is 35.1 Å². The van der Waals surface area contributed by atoms with E-state index < -0.39 is 45.4 Å². The quantitative estimate of drug-likeness (QED) is 0.0400. The number of hydrogen-bond acceptors (Lipinski definition) is 8. The Balaban J connectivity index is -0.000000387. The molecule has 12 nitrogen and oxygen atoms in total. The molecule has 0 aromatic carbocycles. The van der Waals surface area contributed by atoms with Crippen LogP contribution in [0.3, 0.4) is 0 Å². The molecule has 0 radical (unpaired) electrons. The Bertz CT molecular complexity index is 1220. The molecule has 0 saturated heterocycles. The third-order valence-corrected chi connectivity index (χ3v) is 13.9. The first-order chi connectivity index (χ1) is 20.9. The fourth-order valence-electron chi connectivity index (χ4n) is 4.32. The van der Waals surface area contributed by atoms with Crippen LogP contribution in [0.5, 0.6) is 0 Å². The van der Waals surface area contributed by atoms with Gasteiger partial charge in [0.25, 0.3) is 0 Å². The predicted molar refractivity (Wildman–Crippen MR) is 182 cm³/mol. The summed E-state index contributed by atoms with van der Waals surface area (Å²) in [5, 5.41) is 0. The Morgan fingerprint density at radius 3 is 1.06 bits per heavy atom. The molecular weight excluding hydrogens is 757 g/mol. The SMILES string of the molecule is CC(C)=CCC/C(C)=C/CCCCCC(P(=O)(O)O)S(=O)(=O)[O-].CC(C)=CCC/C(C)=C/CCCCCC(P(=O)(O)O)S(=O)(=O)[O-].[K+].[K+]. The Labute approximate surface area is 375 Å². The maximum atomic E-state index is 11.0. The molecule has 0 aromatic heterocycles. The first-order valence-corrected chi connectivity index (χ1v) is 21.8. The van der Waals surface area contributed by atoms with Gasteiger partial charge < -0.3 is 28.7 Å². The standard InChI is InChI=1S/2C15H29O6PS.2K/c2*1-13(2)9-8-11-14(3)10-6-4-5-7-12-15(22(16,17)18)23(19,20)21;;/h2*9-10,15H,4-8,11-12H2,1-3H3,(H2,16,17,18)(H,19,20,21);;/q;;2*+1/p-2/b2*14-10+;;. The molecule has 0 aliphatic rings. The van der Waals surface area contributed by atoms with Gasteiger partial charge in [0.2, 0.25) is 0 Å². The minimum atomic E-state index is -4.98. The van der Waals surface area contributed by atoms with Crippen LogP contribution in [0.25, 0.3) is 0 Å². The first-order valence-electron chi connectivity index (χ1n) is 15.5. The molecule has 0 saturated carbocycles. The van der Waals surface area contributed by atoms with Crippen LogP contribution in [-0.4, -0.2) is 55.5 Å². The fourth-order valence-corrected chi connectivity index (χ4v) is 8.96. The van der Waals surface area contributed by atoms with Gasteiger partial charge in [-0.3, -0.25) is 9.13 Å². The summed E-state index contributed by atoms with van der Waals surface area (Å²) in [4.78, 5) is 31.5. The van der Waals surface area contributed by atoms with Crippen molar-refractivity contribution in [1.29, 1.82) is 0 Å². The first kappa shape index (κ1) is 57.1. The summed E-state index contributed by atoms with van der Waals surface area (Å²) in [5.41, 5.74) is 5.17. The molecule has 2 unspecified atom stereocenters. The molecule has 48 heavy (non-hydrogen) atoms. The van der Waals surface area contributed by atoms with Gasteiger partial charge in [0, 0.05) is 0 Å². The predicted octanol–water partition coefficient (Wildman–Crippen LogP) is 1.37. The molecule has 0 aliphatic carbocycles. The third-order valence-electron chi connectivity index (χ3n) is 6.90. The van der Waals surface area contributed by atoms with Gasteiger partial charge in [-0.1, -0.05) is 72.3 Å². The Morgan fingerprint density at radius 2 is 0.833 bits per heavy atom. The zero-order valence-corrected chi connectivity index (χ0v) is 39.8. The molecule has 0 bridgehead atoms. The topological polar surface area (TPSA) is 229 Å². The molecule has 2 atom stereocenters. The molecule has 0 rings (SSSR count). The van der Waals surface area contributed by atoms with E-state index in [-0.39, 0.29) is 116 Å². The molecule has 0 aromatic rings. The van der Waals surface area contributed by atoms with E-state index in [2.05, 4.69) is 65.8 Å². The van der Waals surface area contributed by atoms with Crippen LogP contribution in [0, 0.1) is 0 Å². The van der Waals surface area contributed by atoms with Crippen molar-refractivity contribution in [1.82, 2.24) is 0 Å². The Morgan fingerprint density at radius 1 is 0.542 bits per heavy atom. The number of allylic oxidation sites excluding steroid dienone is 8. The van der Waals surface area contributed by atoms with Gasteiger partial charge in [-0.05, 0) is 106 Å². The van der Waals surface area contributed by atoms with Crippen molar-refractivity contribution >= 4 is 35.4 Å². The third kappa shape index (κ3) is 34.1. The van der Waals surface area contributed by atoms with E-state index in [1.807, 2.05) is 0 Å². The Hall–Kier alpha value is 2.35. The average molecular weight is 813 g/mol. The van der Waals surface area contributed by atoms with Crippen molar-refractivity contribution in [2.75, 3.05) is 0 Å². The number of hydrogen-bond donors (Lipinski definition) is 4. The summed E-state index contributed by atoms with van der Waals surface area (Å²) < 4.78 is 87.3. The normalized spacial score (nSPS) is 14.0. The van der Waals surface area contributed by atoms with E-state index in [0.29, 0.717) is 25.7 Å². The second kappa shape index (κ2) is 29.7. The van der Waals surface area contributed by atoms with Gasteiger partial charge >= 0.3 is 118 Å². The monoisotopic (exact) mass is 812 g/mol. The van der Waals surface area contributed by atoms with Crippen LogP contribution in [0.2, 0.25) is 0 Å². The van der Waals surface area contributed by atoms with Crippen LogP contribution in [0.4, 0.5) is 0 Å². The molecule has 4 N–H and O–H groups in total. The van der Waals surface area contributed by atoms with Gasteiger partial charge in [0.15, 0.2) is 9.98 Å². The summed E-state index contributed by atoms with van der Waals surface area (Å²) in [5.74, 6) is 0. The second-order valence-electron chi connectivity index (χ2n) is 12.1. The minimum Gasteiger partial charge on any atom is -0.747 e. The van der Waals surface area contributed by atoms with Gasteiger partial charge in [0.05, 0.1) is 0 Å². The summed E-state index contributed by atoms with van der Waals surface area (Å²) in [7, 11) is -19.8. The zero-order valence-electron chi connectivity index (χ0n) is 30.1. The molecule has 0 fully saturated rings. The van der Waals surface area contributed by atoms with Crippen molar-refractivity contribution in [3.05, 3.63) is 46.6 Å². The van der Waals surface area contributed by atoms with Crippen LogP contribution in [-0.2, 0) is 29.4 Å². The second-order valence-corrected chi connectivity index (χ2v) is 19.5. The smallest absolute Gasteiger partial charge is 0.747 e. The molecule has 272 valence electrons.